The highest BCUT2D eigenvalue weighted by Crippen LogP contribution is 2.20. The van der Waals surface area contributed by atoms with Crippen molar-refractivity contribution in [1.29, 1.82) is 0 Å². The van der Waals surface area contributed by atoms with Crippen molar-refractivity contribution in [3.63, 3.8) is 0 Å². The van der Waals surface area contributed by atoms with E-state index in [1.54, 1.807) is 0 Å². The number of hydrogen-bond donors (Lipinski definition) is 1. The molecule has 0 aliphatic rings. The zero-order valence-corrected chi connectivity index (χ0v) is 13.0. The lowest BCUT2D eigenvalue weighted by Crippen LogP contribution is -2.12. The summed E-state index contributed by atoms with van der Waals surface area (Å²) < 4.78 is 6.33. The second kappa shape index (κ2) is 6.57. The Morgan fingerprint density at radius 1 is 1.25 bits per heavy atom. The first-order chi connectivity index (χ1) is 9.60. The van der Waals surface area contributed by atoms with Crippen LogP contribution < -0.4 is 10.1 Å². The highest BCUT2D eigenvalue weighted by atomic mass is 79.9. The van der Waals surface area contributed by atoms with Crippen molar-refractivity contribution in [3.8, 4) is 5.75 Å². The van der Waals surface area contributed by atoms with Gasteiger partial charge in [-0.25, -0.2) is 0 Å². The number of aryl methyl sites for hydroxylation is 1. The minimum Gasteiger partial charge on any atom is -0.494 e. The maximum Gasteiger partial charge on any atom is 0.255 e. The molecule has 0 aliphatic heterocycles. The van der Waals surface area contributed by atoms with Crippen molar-refractivity contribution < 1.29 is 9.53 Å². The summed E-state index contributed by atoms with van der Waals surface area (Å²) in [7, 11) is 0. The van der Waals surface area contributed by atoms with Gasteiger partial charge in [-0.1, -0.05) is 28.1 Å². The van der Waals surface area contributed by atoms with Gasteiger partial charge in [0.1, 0.15) is 5.75 Å². The number of ether oxygens (including phenoxy) is 1. The van der Waals surface area contributed by atoms with Crippen molar-refractivity contribution in [1.82, 2.24) is 0 Å². The van der Waals surface area contributed by atoms with Crippen LogP contribution in [0.25, 0.3) is 0 Å². The first-order valence-corrected chi connectivity index (χ1v) is 7.20. The number of carbonyl (C=O) groups excluding carboxylic acids is 1. The van der Waals surface area contributed by atoms with Crippen LogP contribution in [0.15, 0.2) is 46.9 Å². The third-order valence-electron chi connectivity index (χ3n) is 2.84. The molecule has 0 bridgehead atoms. The van der Waals surface area contributed by atoms with Gasteiger partial charge in [0, 0.05) is 21.8 Å². The molecule has 3 nitrogen and oxygen atoms in total. The standard InChI is InChI=1S/C16H16BrNO2/c1-3-20-14-6-4-5-13(10-14)18-16(19)12-8-7-11(2)15(17)9-12/h4-10H,3H2,1-2H3,(H,18,19). The molecule has 2 aromatic carbocycles. The molecule has 4 heteroatoms. The number of rotatable bonds is 4. The second-order valence-electron chi connectivity index (χ2n) is 4.38. The Labute approximate surface area is 127 Å². The zero-order chi connectivity index (χ0) is 14.5. The largest absolute Gasteiger partial charge is 0.494 e. The normalized spacial score (nSPS) is 10.2. The minimum atomic E-state index is -0.139. The molecular formula is C16H16BrNO2. The topological polar surface area (TPSA) is 38.3 Å². The fourth-order valence-corrected chi connectivity index (χ4v) is 2.15. The first kappa shape index (κ1) is 14.6. The molecule has 1 amide bonds. The second-order valence-corrected chi connectivity index (χ2v) is 5.23. The van der Waals surface area contributed by atoms with Crippen LogP contribution in [0.3, 0.4) is 0 Å². The first-order valence-electron chi connectivity index (χ1n) is 6.40. The van der Waals surface area contributed by atoms with Crippen LogP contribution in [0.1, 0.15) is 22.8 Å². The van der Waals surface area contributed by atoms with Crippen LogP contribution >= 0.6 is 15.9 Å². The van der Waals surface area contributed by atoms with Gasteiger partial charge in [-0.05, 0) is 43.7 Å². The van der Waals surface area contributed by atoms with Gasteiger partial charge < -0.3 is 10.1 Å². The van der Waals surface area contributed by atoms with E-state index in [2.05, 4.69) is 21.2 Å². The molecule has 0 aliphatic carbocycles. The van der Waals surface area contributed by atoms with E-state index in [9.17, 15) is 4.79 Å². The molecule has 2 rings (SSSR count). The Hall–Kier alpha value is -1.81. The fraction of sp³-hybridized carbons (Fsp3) is 0.188. The molecule has 1 N–H and O–H groups in total. The third-order valence-corrected chi connectivity index (χ3v) is 3.69. The number of nitrogens with one attached hydrogen (secondary N) is 1. The van der Waals surface area contributed by atoms with Crippen molar-refractivity contribution in [3.05, 3.63) is 58.1 Å². The number of halogens is 1. The Morgan fingerprint density at radius 3 is 2.75 bits per heavy atom. The summed E-state index contributed by atoms with van der Waals surface area (Å²) in [5.41, 5.74) is 2.43. The molecule has 0 saturated carbocycles. The van der Waals surface area contributed by atoms with Crippen molar-refractivity contribution in [2.45, 2.75) is 13.8 Å². The molecule has 0 saturated heterocycles. The minimum absolute atomic E-state index is 0.139. The lowest BCUT2D eigenvalue weighted by Gasteiger charge is -2.08. The monoisotopic (exact) mass is 333 g/mol. The van der Waals surface area contributed by atoms with E-state index in [1.807, 2.05) is 56.3 Å². The van der Waals surface area contributed by atoms with Gasteiger partial charge in [-0.2, -0.15) is 0 Å². The number of anilines is 1. The van der Waals surface area contributed by atoms with Gasteiger partial charge in [-0.15, -0.1) is 0 Å². The van der Waals surface area contributed by atoms with Crippen LogP contribution in [0.2, 0.25) is 0 Å². The van der Waals surface area contributed by atoms with Crippen molar-refractivity contribution in [2.75, 3.05) is 11.9 Å². The third kappa shape index (κ3) is 3.61. The predicted molar refractivity (Wildman–Crippen MR) is 84.4 cm³/mol. The summed E-state index contributed by atoms with van der Waals surface area (Å²) in [5, 5.41) is 2.86. The molecule has 20 heavy (non-hydrogen) atoms. The van der Waals surface area contributed by atoms with E-state index in [1.165, 1.54) is 0 Å². The SMILES string of the molecule is CCOc1cccc(NC(=O)c2ccc(C)c(Br)c2)c1. The quantitative estimate of drug-likeness (QED) is 0.899. The van der Waals surface area contributed by atoms with Crippen LogP contribution in [-0.4, -0.2) is 12.5 Å². The number of benzene rings is 2. The average Bonchev–Trinajstić information content (AvgIpc) is 2.42. The maximum atomic E-state index is 12.2. The number of hydrogen-bond acceptors (Lipinski definition) is 2. The van der Waals surface area contributed by atoms with Crippen LogP contribution in [-0.2, 0) is 0 Å². The highest BCUT2D eigenvalue weighted by Gasteiger charge is 2.08. The van der Waals surface area contributed by atoms with Gasteiger partial charge in [0.2, 0.25) is 0 Å². The van der Waals surface area contributed by atoms with Crippen LogP contribution in [0.4, 0.5) is 5.69 Å². The van der Waals surface area contributed by atoms with Gasteiger partial charge in [0.15, 0.2) is 0 Å². The van der Waals surface area contributed by atoms with Crippen LogP contribution in [0, 0.1) is 6.92 Å². The summed E-state index contributed by atoms with van der Waals surface area (Å²) in [4.78, 5) is 12.2. The summed E-state index contributed by atoms with van der Waals surface area (Å²) in [5.74, 6) is 0.606. The average molecular weight is 334 g/mol. The highest BCUT2D eigenvalue weighted by molar-refractivity contribution is 9.10. The molecule has 2 aromatic rings. The summed E-state index contributed by atoms with van der Waals surface area (Å²) in [6.45, 7) is 4.51. The zero-order valence-electron chi connectivity index (χ0n) is 11.4. The summed E-state index contributed by atoms with van der Waals surface area (Å²) in [6.07, 6.45) is 0. The molecule has 0 spiro atoms. The lowest BCUT2D eigenvalue weighted by atomic mass is 10.1. The van der Waals surface area contributed by atoms with E-state index in [0.717, 1.165) is 21.5 Å². The molecule has 0 aromatic heterocycles. The molecule has 0 atom stereocenters. The lowest BCUT2D eigenvalue weighted by molar-refractivity contribution is 0.102. The van der Waals surface area contributed by atoms with Gasteiger partial charge in [0.25, 0.3) is 5.91 Å². The molecule has 0 heterocycles. The van der Waals surface area contributed by atoms with Gasteiger partial charge >= 0.3 is 0 Å². The smallest absolute Gasteiger partial charge is 0.255 e. The molecule has 0 unspecified atom stereocenters. The van der Waals surface area contributed by atoms with E-state index in [0.29, 0.717) is 12.2 Å². The van der Waals surface area contributed by atoms with Gasteiger partial charge in [-0.3, -0.25) is 4.79 Å². The van der Waals surface area contributed by atoms with E-state index >= 15 is 0 Å². The molecule has 104 valence electrons. The van der Waals surface area contributed by atoms with Crippen molar-refractivity contribution >= 4 is 27.5 Å². The van der Waals surface area contributed by atoms with Gasteiger partial charge in [0.05, 0.1) is 6.61 Å². The van der Waals surface area contributed by atoms with E-state index in [-0.39, 0.29) is 5.91 Å². The number of amides is 1. The molecule has 0 radical (unpaired) electrons. The Bertz CT molecular complexity index is 626. The maximum absolute atomic E-state index is 12.2. The summed E-state index contributed by atoms with van der Waals surface area (Å²) in [6, 6.07) is 12.9. The van der Waals surface area contributed by atoms with E-state index < -0.39 is 0 Å². The summed E-state index contributed by atoms with van der Waals surface area (Å²) >= 11 is 3.43. The molecular weight excluding hydrogens is 318 g/mol. The Morgan fingerprint density at radius 2 is 2.05 bits per heavy atom. The van der Waals surface area contributed by atoms with Crippen LogP contribution in [0.5, 0.6) is 5.75 Å². The Kier molecular flexibility index (Phi) is 4.79. The predicted octanol–water partition coefficient (Wildman–Crippen LogP) is 4.41. The van der Waals surface area contributed by atoms with E-state index in [4.69, 9.17) is 4.74 Å². The number of carbonyl (C=O) groups is 1. The van der Waals surface area contributed by atoms with Crippen molar-refractivity contribution in [2.24, 2.45) is 0 Å². The molecule has 0 fully saturated rings. The Balaban J connectivity index is 2.14. The fourth-order valence-electron chi connectivity index (χ4n) is 1.77.